The van der Waals surface area contributed by atoms with Gasteiger partial charge in [-0.05, 0) is 44.3 Å². The fourth-order valence-corrected chi connectivity index (χ4v) is 4.89. The summed E-state index contributed by atoms with van der Waals surface area (Å²) in [6.45, 7) is 0. The zero-order chi connectivity index (χ0) is 24.7. The first kappa shape index (κ1) is 24.4. The topological polar surface area (TPSA) is 85.1 Å². The van der Waals surface area contributed by atoms with Crippen LogP contribution in [0.4, 0.5) is 0 Å². The summed E-state index contributed by atoms with van der Waals surface area (Å²) < 4.78 is 0.618. The zero-order valence-corrected chi connectivity index (χ0v) is 20.7. The Balaban J connectivity index is 1.74. The van der Waals surface area contributed by atoms with Crippen LogP contribution in [0.1, 0.15) is 28.7 Å². The molecule has 5 nitrogen and oxygen atoms in total. The van der Waals surface area contributed by atoms with Crippen LogP contribution in [0.25, 0.3) is 0 Å². The Hall–Kier alpha value is -3.77. The van der Waals surface area contributed by atoms with E-state index in [9.17, 15) is 9.59 Å². The van der Waals surface area contributed by atoms with Crippen LogP contribution in [-0.2, 0) is 21.4 Å². The molecule has 0 spiro atoms. The number of rotatable bonds is 9. The Kier molecular flexibility index (Phi) is 7.73. The third-order valence-electron chi connectivity index (χ3n) is 6.16. The molecule has 0 aliphatic rings. The van der Waals surface area contributed by atoms with Gasteiger partial charge in [0, 0.05) is 19.0 Å². The summed E-state index contributed by atoms with van der Waals surface area (Å²) in [5.41, 5.74) is 8.67. The summed E-state index contributed by atoms with van der Waals surface area (Å²) in [5, 5.41) is 2.89. The number of halogens is 1. The highest BCUT2D eigenvalue weighted by Crippen LogP contribution is 2.42. The minimum absolute atomic E-state index is 0.100. The smallest absolute Gasteiger partial charge is 0.240 e. The van der Waals surface area contributed by atoms with Gasteiger partial charge in [-0.1, -0.05) is 97.1 Å². The molecule has 0 aliphatic carbocycles. The number of aromatic nitrogens is 1. The van der Waals surface area contributed by atoms with Crippen LogP contribution >= 0.6 is 15.9 Å². The van der Waals surface area contributed by atoms with Crippen LogP contribution in [0.3, 0.4) is 0 Å². The minimum Gasteiger partial charge on any atom is -0.368 e. The van der Waals surface area contributed by atoms with Crippen LogP contribution in [0.5, 0.6) is 0 Å². The Morgan fingerprint density at radius 1 is 0.800 bits per heavy atom. The summed E-state index contributed by atoms with van der Waals surface area (Å²) in [4.78, 5) is 30.1. The van der Waals surface area contributed by atoms with E-state index in [2.05, 4.69) is 26.2 Å². The maximum Gasteiger partial charge on any atom is 0.240 e. The van der Waals surface area contributed by atoms with Gasteiger partial charge in [0.2, 0.25) is 11.8 Å². The van der Waals surface area contributed by atoms with E-state index in [-0.39, 0.29) is 18.7 Å². The third-order valence-corrected chi connectivity index (χ3v) is 6.88. The van der Waals surface area contributed by atoms with E-state index in [0.29, 0.717) is 4.60 Å². The fraction of sp³-hybridized carbons (Fsp3) is 0.138. The van der Waals surface area contributed by atoms with Crippen molar-refractivity contribution < 1.29 is 9.59 Å². The van der Waals surface area contributed by atoms with Crippen LogP contribution < -0.4 is 11.1 Å². The lowest BCUT2D eigenvalue weighted by Gasteiger charge is -2.36. The zero-order valence-electron chi connectivity index (χ0n) is 19.1. The molecule has 0 fully saturated rings. The number of nitrogens with one attached hydrogen (secondary N) is 1. The van der Waals surface area contributed by atoms with Crippen LogP contribution in [0.2, 0.25) is 0 Å². The molecule has 0 aliphatic heterocycles. The number of amides is 2. The molecule has 6 heteroatoms. The van der Waals surface area contributed by atoms with Crippen molar-refractivity contribution in [3.63, 3.8) is 0 Å². The molecule has 0 bridgehead atoms. The maximum absolute atomic E-state index is 13.6. The van der Waals surface area contributed by atoms with E-state index in [1.807, 2.05) is 97.1 Å². The highest BCUT2D eigenvalue weighted by atomic mass is 79.9. The molecule has 1 heterocycles. The van der Waals surface area contributed by atoms with E-state index in [1.165, 1.54) is 0 Å². The van der Waals surface area contributed by atoms with Crippen molar-refractivity contribution in [3.8, 4) is 0 Å². The molecule has 3 aromatic carbocycles. The number of nitrogens with two attached hydrogens (primary N) is 1. The van der Waals surface area contributed by atoms with Crippen molar-refractivity contribution in [2.24, 2.45) is 5.73 Å². The quantitative estimate of drug-likeness (QED) is 0.242. The Morgan fingerprint density at radius 2 is 1.29 bits per heavy atom. The SMILES string of the molecule is NC(=O)[C@H](Cc1cccnc1Br)NC(=O)CC(c1ccccc1)(c1ccccc1)c1ccccc1. The van der Waals surface area contributed by atoms with Crippen LogP contribution in [0.15, 0.2) is 114 Å². The second kappa shape index (κ2) is 11.1. The number of primary amides is 1. The summed E-state index contributed by atoms with van der Waals surface area (Å²) in [6, 6.07) is 32.7. The summed E-state index contributed by atoms with van der Waals surface area (Å²) in [7, 11) is 0. The molecule has 0 radical (unpaired) electrons. The normalized spacial score (nSPS) is 12.0. The molecular weight excluding hydrogens is 502 g/mol. The lowest BCUT2D eigenvalue weighted by atomic mass is 9.67. The summed E-state index contributed by atoms with van der Waals surface area (Å²) >= 11 is 3.40. The van der Waals surface area contributed by atoms with E-state index in [4.69, 9.17) is 5.73 Å². The molecule has 4 aromatic rings. The van der Waals surface area contributed by atoms with Gasteiger partial charge in [-0.2, -0.15) is 0 Å². The lowest BCUT2D eigenvalue weighted by Crippen LogP contribution is -2.48. The number of benzene rings is 3. The van der Waals surface area contributed by atoms with Gasteiger partial charge in [0.1, 0.15) is 10.6 Å². The number of hydrogen-bond donors (Lipinski definition) is 2. The Bertz CT molecular complexity index is 1180. The average molecular weight is 528 g/mol. The van der Waals surface area contributed by atoms with Gasteiger partial charge in [-0.3, -0.25) is 9.59 Å². The number of carbonyl (C=O) groups is 2. The van der Waals surface area contributed by atoms with Gasteiger partial charge >= 0.3 is 0 Å². The van der Waals surface area contributed by atoms with E-state index in [0.717, 1.165) is 22.3 Å². The van der Waals surface area contributed by atoms with Crippen molar-refractivity contribution >= 4 is 27.7 Å². The second-order valence-electron chi connectivity index (χ2n) is 8.36. The summed E-state index contributed by atoms with van der Waals surface area (Å²) in [5.74, 6) is -0.871. The predicted octanol–water partition coefficient (Wildman–Crippen LogP) is 4.78. The minimum atomic E-state index is -0.872. The van der Waals surface area contributed by atoms with Gasteiger partial charge in [0.25, 0.3) is 0 Å². The summed E-state index contributed by atoms with van der Waals surface area (Å²) in [6.07, 6.45) is 1.99. The molecule has 3 N–H and O–H groups in total. The molecular formula is C29H26BrN3O2. The van der Waals surface area contributed by atoms with Crippen molar-refractivity contribution in [2.75, 3.05) is 0 Å². The molecule has 1 atom stereocenters. The van der Waals surface area contributed by atoms with Gasteiger partial charge < -0.3 is 11.1 Å². The number of pyridine rings is 1. The lowest BCUT2D eigenvalue weighted by molar-refractivity contribution is -0.127. The van der Waals surface area contributed by atoms with Gasteiger partial charge in [0.05, 0.1) is 5.41 Å². The molecule has 176 valence electrons. The third kappa shape index (κ3) is 5.49. The van der Waals surface area contributed by atoms with Crippen molar-refractivity contribution in [1.29, 1.82) is 0 Å². The van der Waals surface area contributed by atoms with Crippen LogP contribution in [0, 0.1) is 0 Å². The molecule has 0 saturated heterocycles. The fourth-order valence-electron chi connectivity index (χ4n) is 4.47. The Morgan fingerprint density at radius 3 is 1.71 bits per heavy atom. The monoisotopic (exact) mass is 527 g/mol. The molecule has 0 saturated carbocycles. The predicted molar refractivity (Wildman–Crippen MR) is 141 cm³/mol. The maximum atomic E-state index is 13.6. The molecule has 4 rings (SSSR count). The number of carbonyl (C=O) groups excluding carboxylic acids is 2. The van der Waals surface area contributed by atoms with Gasteiger partial charge in [-0.25, -0.2) is 4.98 Å². The Labute approximate surface area is 213 Å². The molecule has 2 amide bonds. The van der Waals surface area contributed by atoms with E-state index in [1.54, 1.807) is 12.3 Å². The first-order chi connectivity index (χ1) is 17.0. The number of nitrogens with zero attached hydrogens (tertiary/aromatic N) is 1. The number of hydrogen-bond acceptors (Lipinski definition) is 3. The first-order valence-corrected chi connectivity index (χ1v) is 12.1. The van der Waals surface area contributed by atoms with Crippen molar-refractivity contribution in [1.82, 2.24) is 10.3 Å². The molecule has 0 unspecified atom stereocenters. The van der Waals surface area contributed by atoms with Gasteiger partial charge in [-0.15, -0.1) is 0 Å². The highest BCUT2D eigenvalue weighted by molar-refractivity contribution is 9.10. The highest BCUT2D eigenvalue weighted by Gasteiger charge is 2.39. The molecule has 1 aromatic heterocycles. The van der Waals surface area contributed by atoms with E-state index >= 15 is 0 Å². The largest absolute Gasteiger partial charge is 0.368 e. The molecule has 35 heavy (non-hydrogen) atoms. The average Bonchev–Trinajstić information content (AvgIpc) is 2.89. The van der Waals surface area contributed by atoms with Crippen LogP contribution in [-0.4, -0.2) is 22.8 Å². The van der Waals surface area contributed by atoms with E-state index < -0.39 is 17.4 Å². The standard InChI is InChI=1S/C29H26BrN3O2/c30-27-21(11-10-18-32-27)19-25(28(31)35)33-26(34)20-29(22-12-4-1-5-13-22,23-14-6-2-7-15-23)24-16-8-3-9-17-24/h1-18,25H,19-20H2,(H2,31,35)(H,33,34)/t25-/m0/s1. The van der Waals surface area contributed by atoms with Crippen molar-refractivity contribution in [2.45, 2.75) is 24.3 Å². The first-order valence-electron chi connectivity index (χ1n) is 11.4. The van der Waals surface area contributed by atoms with Crippen molar-refractivity contribution in [3.05, 3.63) is 136 Å². The second-order valence-corrected chi connectivity index (χ2v) is 9.11. The van der Waals surface area contributed by atoms with Gasteiger partial charge in [0.15, 0.2) is 0 Å².